The summed E-state index contributed by atoms with van der Waals surface area (Å²) >= 11 is 4.78. The zero-order chi connectivity index (χ0) is 11.7. The lowest BCUT2D eigenvalue weighted by molar-refractivity contribution is 0.104. The van der Waals surface area contributed by atoms with Crippen molar-refractivity contribution in [2.24, 2.45) is 0 Å². The molecule has 0 saturated heterocycles. The van der Waals surface area contributed by atoms with E-state index in [1.165, 1.54) is 11.3 Å². The Labute approximate surface area is 106 Å². The maximum Gasteiger partial charge on any atom is 0.203 e. The number of ketones is 1. The lowest BCUT2D eigenvalue weighted by Crippen LogP contribution is -2.02. The van der Waals surface area contributed by atoms with Gasteiger partial charge in [-0.05, 0) is 52.7 Å². The highest BCUT2D eigenvalue weighted by Gasteiger charge is 2.13. The molecule has 0 fully saturated rings. The number of aryl methyl sites for hydroxylation is 1. The second-order valence-electron chi connectivity index (χ2n) is 3.51. The molecule has 0 aliphatic carbocycles. The first kappa shape index (κ1) is 11.4. The summed E-state index contributed by atoms with van der Waals surface area (Å²) in [6, 6.07) is 9.09. The zero-order valence-corrected chi connectivity index (χ0v) is 11.1. The monoisotopic (exact) mass is 295 g/mol. The van der Waals surface area contributed by atoms with Crippen molar-refractivity contribution in [3.8, 4) is 0 Å². The summed E-state index contributed by atoms with van der Waals surface area (Å²) in [6.07, 6.45) is 0. The van der Waals surface area contributed by atoms with Gasteiger partial charge < -0.3 is 5.73 Å². The summed E-state index contributed by atoms with van der Waals surface area (Å²) < 4.78 is 0.956. The van der Waals surface area contributed by atoms with Crippen LogP contribution in [0.4, 0.5) is 5.69 Å². The predicted octanol–water partition coefficient (Wildman–Crippen LogP) is 3.63. The highest BCUT2D eigenvalue weighted by Crippen LogP contribution is 2.26. The molecule has 0 aliphatic heterocycles. The second-order valence-corrected chi connectivity index (χ2v) is 5.97. The number of hydrogen-bond acceptors (Lipinski definition) is 3. The minimum atomic E-state index is 0.0282. The molecule has 0 saturated carbocycles. The van der Waals surface area contributed by atoms with Crippen LogP contribution in [0.15, 0.2) is 34.1 Å². The average Bonchev–Trinajstić information content (AvgIpc) is 2.67. The SMILES string of the molecule is Cc1ccc(N)cc1C(=O)c1ccc(Br)s1. The molecule has 0 bridgehead atoms. The molecule has 0 spiro atoms. The molecule has 0 radical (unpaired) electrons. The number of rotatable bonds is 2. The molecule has 1 heterocycles. The van der Waals surface area contributed by atoms with E-state index in [9.17, 15) is 4.79 Å². The van der Waals surface area contributed by atoms with Crippen LogP contribution >= 0.6 is 27.3 Å². The number of thiophene rings is 1. The van der Waals surface area contributed by atoms with Crippen LogP contribution in [0.3, 0.4) is 0 Å². The van der Waals surface area contributed by atoms with E-state index < -0.39 is 0 Å². The maximum atomic E-state index is 12.2. The lowest BCUT2D eigenvalue weighted by Gasteiger charge is -2.04. The number of nitrogen functional groups attached to an aromatic ring is 1. The van der Waals surface area contributed by atoms with Gasteiger partial charge in [0.15, 0.2) is 0 Å². The second kappa shape index (κ2) is 4.39. The third-order valence-electron chi connectivity index (χ3n) is 2.30. The number of carbonyl (C=O) groups excluding carboxylic acids is 1. The first-order valence-corrected chi connectivity index (χ1v) is 6.35. The first-order chi connectivity index (χ1) is 7.58. The molecule has 0 unspecified atom stereocenters. The van der Waals surface area contributed by atoms with Gasteiger partial charge in [-0.2, -0.15) is 0 Å². The number of halogens is 1. The maximum absolute atomic E-state index is 12.2. The third kappa shape index (κ3) is 2.18. The Morgan fingerprint density at radius 1 is 1.31 bits per heavy atom. The molecule has 1 aromatic carbocycles. The first-order valence-electron chi connectivity index (χ1n) is 4.74. The van der Waals surface area contributed by atoms with E-state index in [2.05, 4.69) is 15.9 Å². The molecule has 2 N–H and O–H groups in total. The van der Waals surface area contributed by atoms with E-state index >= 15 is 0 Å². The molecule has 0 aliphatic rings. The third-order valence-corrected chi connectivity index (χ3v) is 3.93. The van der Waals surface area contributed by atoms with E-state index in [0.29, 0.717) is 11.3 Å². The summed E-state index contributed by atoms with van der Waals surface area (Å²) in [5.41, 5.74) is 7.93. The normalized spacial score (nSPS) is 10.4. The van der Waals surface area contributed by atoms with Gasteiger partial charge in [0.25, 0.3) is 0 Å². The van der Waals surface area contributed by atoms with Crippen molar-refractivity contribution in [2.45, 2.75) is 6.92 Å². The Bertz CT molecular complexity index is 548. The number of carbonyl (C=O) groups is 1. The van der Waals surface area contributed by atoms with Crippen molar-refractivity contribution in [1.82, 2.24) is 0 Å². The van der Waals surface area contributed by atoms with Gasteiger partial charge >= 0.3 is 0 Å². The van der Waals surface area contributed by atoms with Gasteiger partial charge in [0.05, 0.1) is 8.66 Å². The van der Waals surface area contributed by atoms with E-state index in [1.807, 2.05) is 25.1 Å². The molecule has 2 nitrogen and oxygen atoms in total. The quantitative estimate of drug-likeness (QED) is 0.679. The Morgan fingerprint density at radius 2 is 2.06 bits per heavy atom. The van der Waals surface area contributed by atoms with Gasteiger partial charge in [-0.3, -0.25) is 4.79 Å². The van der Waals surface area contributed by atoms with Crippen LogP contribution in [0.1, 0.15) is 20.8 Å². The fourth-order valence-corrected chi connectivity index (χ4v) is 2.79. The van der Waals surface area contributed by atoms with Crippen LogP contribution in [-0.4, -0.2) is 5.78 Å². The fourth-order valence-electron chi connectivity index (χ4n) is 1.45. The molecule has 2 rings (SSSR count). The summed E-state index contributed by atoms with van der Waals surface area (Å²) in [5.74, 6) is 0.0282. The molecule has 1 aromatic heterocycles. The molecule has 0 amide bonds. The van der Waals surface area contributed by atoms with Crippen LogP contribution in [0, 0.1) is 6.92 Å². The summed E-state index contributed by atoms with van der Waals surface area (Å²) in [6.45, 7) is 1.91. The molecule has 16 heavy (non-hydrogen) atoms. The largest absolute Gasteiger partial charge is 0.399 e. The fraction of sp³-hybridized carbons (Fsp3) is 0.0833. The minimum Gasteiger partial charge on any atom is -0.399 e. The van der Waals surface area contributed by atoms with Crippen molar-refractivity contribution < 1.29 is 4.79 Å². The highest BCUT2D eigenvalue weighted by atomic mass is 79.9. The van der Waals surface area contributed by atoms with Crippen LogP contribution in [-0.2, 0) is 0 Å². The van der Waals surface area contributed by atoms with Crippen molar-refractivity contribution in [2.75, 3.05) is 5.73 Å². The van der Waals surface area contributed by atoms with Crippen molar-refractivity contribution in [1.29, 1.82) is 0 Å². The Hall–Kier alpha value is -1.13. The summed E-state index contributed by atoms with van der Waals surface area (Å²) in [5, 5.41) is 0. The van der Waals surface area contributed by atoms with Gasteiger partial charge in [-0.1, -0.05) is 6.07 Å². The standard InChI is InChI=1S/C12H10BrNOS/c1-7-2-3-8(14)6-9(7)12(15)10-4-5-11(13)16-10/h2-6H,14H2,1H3. The highest BCUT2D eigenvalue weighted by molar-refractivity contribution is 9.11. The molecule has 0 atom stereocenters. The van der Waals surface area contributed by atoms with Crippen molar-refractivity contribution in [3.05, 3.63) is 50.1 Å². The van der Waals surface area contributed by atoms with Gasteiger partial charge in [-0.15, -0.1) is 11.3 Å². The van der Waals surface area contributed by atoms with E-state index in [-0.39, 0.29) is 5.78 Å². The van der Waals surface area contributed by atoms with Gasteiger partial charge in [0.2, 0.25) is 5.78 Å². The summed E-state index contributed by atoms with van der Waals surface area (Å²) in [4.78, 5) is 12.9. The van der Waals surface area contributed by atoms with Crippen molar-refractivity contribution in [3.63, 3.8) is 0 Å². The van der Waals surface area contributed by atoms with Gasteiger partial charge in [0.1, 0.15) is 0 Å². The summed E-state index contributed by atoms with van der Waals surface area (Å²) in [7, 11) is 0. The smallest absolute Gasteiger partial charge is 0.203 e. The number of hydrogen-bond donors (Lipinski definition) is 1. The van der Waals surface area contributed by atoms with E-state index in [4.69, 9.17) is 5.73 Å². The predicted molar refractivity (Wildman–Crippen MR) is 71.0 cm³/mol. The average molecular weight is 296 g/mol. The Kier molecular flexibility index (Phi) is 3.12. The molecular formula is C12H10BrNOS. The van der Waals surface area contributed by atoms with E-state index in [0.717, 1.165) is 14.2 Å². The number of nitrogens with two attached hydrogens (primary N) is 1. The zero-order valence-electron chi connectivity index (χ0n) is 8.66. The lowest BCUT2D eigenvalue weighted by atomic mass is 10.0. The Morgan fingerprint density at radius 3 is 2.69 bits per heavy atom. The number of anilines is 1. The minimum absolute atomic E-state index is 0.0282. The molecule has 4 heteroatoms. The van der Waals surface area contributed by atoms with Crippen LogP contribution in [0.25, 0.3) is 0 Å². The van der Waals surface area contributed by atoms with Crippen LogP contribution in [0.5, 0.6) is 0 Å². The topological polar surface area (TPSA) is 43.1 Å². The van der Waals surface area contributed by atoms with Crippen LogP contribution in [0.2, 0.25) is 0 Å². The molecular weight excluding hydrogens is 286 g/mol. The van der Waals surface area contributed by atoms with Crippen molar-refractivity contribution >= 4 is 38.7 Å². The van der Waals surface area contributed by atoms with Gasteiger partial charge in [0, 0.05) is 11.3 Å². The number of benzene rings is 1. The van der Waals surface area contributed by atoms with Gasteiger partial charge in [-0.25, -0.2) is 0 Å². The molecule has 2 aromatic rings. The van der Waals surface area contributed by atoms with E-state index in [1.54, 1.807) is 12.1 Å². The molecule has 82 valence electrons. The Balaban J connectivity index is 2.45. The van der Waals surface area contributed by atoms with Crippen LogP contribution < -0.4 is 5.73 Å².